The average Bonchev–Trinajstić information content (AvgIpc) is 2.29. The van der Waals surface area contributed by atoms with Gasteiger partial charge in [-0.1, -0.05) is 13.8 Å². The Morgan fingerprint density at radius 2 is 1.28 bits per heavy atom. The van der Waals surface area contributed by atoms with E-state index in [0.717, 1.165) is 6.26 Å². The number of sulfonamides is 1. The van der Waals surface area contributed by atoms with Gasteiger partial charge in [-0.05, 0) is 24.3 Å². The second-order valence-electron chi connectivity index (χ2n) is 3.83. The monoisotopic (exact) mass is 291 g/mol. The van der Waals surface area contributed by atoms with Crippen LogP contribution in [0.3, 0.4) is 0 Å². The molecule has 102 valence electrons. The Bertz CT molecular complexity index is 599. The predicted octanol–water partition coefficient (Wildman–Crippen LogP) is 1.12. The van der Waals surface area contributed by atoms with E-state index in [1.165, 1.54) is 28.6 Å². The minimum Gasteiger partial charge on any atom is -0.224 e. The lowest BCUT2D eigenvalue weighted by atomic mass is 10.4. The Morgan fingerprint density at radius 3 is 1.61 bits per heavy atom. The van der Waals surface area contributed by atoms with Gasteiger partial charge in [-0.25, -0.2) is 16.8 Å². The van der Waals surface area contributed by atoms with Crippen LogP contribution in [0.25, 0.3) is 0 Å². The van der Waals surface area contributed by atoms with Crippen LogP contribution >= 0.6 is 0 Å². The molecule has 0 spiro atoms. The summed E-state index contributed by atoms with van der Waals surface area (Å²) in [5, 5.41) is 0. The first-order chi connectivity index (χ1) is 8.23. The standard InChI is InChI=1S/C11H17NO4S2/c1-4-12(5-2)18(15,16)11-8-6-10(7-9-11)17(3,13)14/h6-9H,4-5H2,1-3H3. The summed E-state index contributed by atoms with van der Waals surface area (Å²) < 4.78 is 48.1. The van der Waals surface area contributed by atoms with Crippen molar-refractivity contribution in [2.24, 2.45) is 0 Å². The third kappa shape index (κ3) is 3.09. The van der Waals surface area contributed by atoms with Gasteiger partial charge in [0.2, 0.25) is 10.0 Å². The van der Waals surface area contributed by atoms with E-state index in [-0.39, 0.29) is 9.79 Å². The van der Waals surface area contributed by atoms with E-state index in [2.05, 4.69) is 0 Å². The van der Waals surface area contributed by atoms with Gasteiger partial charge in [0.1, 0.15) is 0 Å². The summed E-state index contributed by atoms with van der Waals surface area (Å²) in [4.78, 5) is 0.222. The summed E-state index contributed by atoms with van der Waals surface area (Å²) in [6.07, 6.45) is 1.08. The smallest absolute Gasteiger partial charge is 0.224 e. The highest BCUT2D eigenvalue weighted by Crippen LogP contribution is 2.18. The molecule has 0 unspecified atom stereocenters. The van der Waals surface area contributed by atoms with Gasteiger partial charge in [0.05, 0.1) is 9.79 Å². The Kier molecular flexibility index (Phi) is 4.52. The van der Waals surface area contributed by atoms with Crippen molar-refractivity contribution < 1.29 is 16.8 Å². The molecule has 0 atom stereocenters. The molecule has 0 radical (unpaired) electrons. The van der Waals surface area contributed by atoms with Crippen LogP contribution in [-0.2, 0) is 19.9 Å². The van der Waals surface area contributed by atoms with Crippen LogP contribution in [0.2, 0.25) is 0 Å². The highest BCUT2D eigenvalue weighted by atomic mass is 32.2. The van der Waals surface area contributed by atoms with Crippen molar-refractivity contribution in [2.45, 2.75) is 23.6 Å². The first kappa shape index (κ1) is 15.1. The Morgan fingerprint density at radius 1 is 0.889 bits per heavy atom. The van der Waals surface area contributed by atoms with Crippen LogP contribution in [0.1, 0.15) is 13.8 Å². The van der Waals surface area contributed by atoms with Gasteiger partial charge in [0.25, 0.3) is 0 Å². The predicted molar refractivity (Wildman–Crippen MR) is 69.7 cm³/mol. The Hall–Kier alpha value is -0.920. The van der Waals surface area contributed by atoms with Crippen LogP contribution in [-0.4, -0.2) is 40.5 Å². The van der Waals surface area contributed by atoms with Gasteiger partial charge in [0.15, 0.2) is 9.84 Å². The molecule has 18 heavy (non-hydrogen) atoms. The SMILES string of the molecule is CCN(CC)S(=O)(=O)c1ccc(S(C)(=O)=O)cc1. The number of hydrogen-bond acceptors (Lipinski definition) is 4. The molecule has 0 aliphatic heterocycles. The van der Waals surface area contributed by atoms with E-state index < -0.39 is 19.9 Å². The zero-order valence-corrected chi connectivity index (χ0v) is 12.3. The summed E-state index contributed by atoms with van der Waals surface area (Å²) in [6.45, 7) is 4.27. The molecular formula is C11H17NO4S2. The maximum atomic E-state index is 12.1. The lowest BCUT2D eigenvalue weighted by Gasteiger charge is -2.18. The van der Waals surface area contributed by atoms with Gasteiger partial charge in [0, 0.05) is 19.3 Å². The number of sulfone groups is 1. The fraction of sp³-hybridized carbons (Fsp3) is 0.455. The normalized spacial score (nSPS) is 12.9. The van der Waals surface area contributed by atoms with Crippen LogP contribution in [0.15, 0.2) is 34.1 Å². The topological polar surface area (TPSA) is 71.5 Å². The number of hydrogen-bond donors (Lipinski definition) is 0. The van der Waals surface area contributed by atoms with Crippen molar-refractivity contribution in [2.75, 3.05) is 19.3 Å². The van der Waals surface area contributed by atoms with Crippen molar-refractivity contribution in [1.82, 2.24) is 4.31 Å². The molecule has 0 fully saturated rings. The fourth-order valence-electron chi connectivity index (χ4n) is 1.57. The van der Waals surface area contributed by atoms with Crippen molar-refractivity contribution in [3.63, 3.8) is 0 Å². The van der Waals surface area contributed by atoms with E-state index in [0.29, 0.717) is 13.1 Å². The van der Waals surface area contributed by atoms with Gasteiger partial charge in [-0.3, -0.25) is 0 Å². The third-order valence-corrected chi connectivity index (χ3v) is 5.79. The Balaban J connectivity index is 3.21. The van der Waals surface area contributed by atoms with Crippen molar-refractivity contribution in [1.29, 1.82) is 0 Å². The maximum Gasteiger partial charge on any atom is 0.243 e. The molecule has 0 heterocycles. The first-order valence-corrected chi connectivity index (χ1v) is 8.87. The molecule has 7 heteroatoms. The van der Waals surface area contributed by atoms with Crippen LogP contribution < -0.4 is 0 Å². The summed E-state index contributed by atoms with van der Waals surface area (Å²) in [5.74, 6) is 0. The van der Waals surface area contributed by atoms with E-state index in [4.69, 9.17) is 0 Å². The highest BCUT2D eigenvalue weighted by molar-refractivity contribution is 7.90. The third-order valence-electron chi connectivity index (χ3n) is 2.60. The van der Waals surface area contributed by atoms with Crippen molar-refractivity contribution >= 4 is 19.9 Å². The summed E-state index contributed by atoms with van der Waals surface area (Å²) in [6, 6.07) is 5.27. The molecule has 0 saturated carbocycles. The van der Waals surface area contributed by atoms with Crippen LogP contribution in [0.5, 0.6) is 0 Å². The van der Waals surface area contributed by atoms with Gasteiger partial charge in [-0.2, -0.15) is 4.31 Å². The average molecular weight is 291 g/mol. The minimum absolute atomic E-state index is 0.110. The molecule has 1 aromatic rings. The second-order valence-corrected chi connectivity index (χ2v) is 7.79. The molecule has 0 bridgehead atoms. The summed E-state index contributed by atoms with van der Waals surface area (Å²) >= 11 is 0. The zero-order valence-electron chi connectivity index (χ0n) is 10.6. The summed E-state index contributed by atoms with van der Waals surface area (Å²) in [5.41, 5.74) is 0. The number of rotatable bonds is 5. The molecule has 0 aromatic heterocycles. The Labute approximate surface area is 108 Å². The van der Waals surface area contributed by atoms with Gasteiger partial charge >= 0.3 is 0 Å². The number of benzene rings is 1. The fourth-order valence-corrected chi connectivity index (χ4v) is 3.66. The molecule has 5 nitrogen and oxygen atoms in total. The van der Waals surface area contributed by atoms with Crippen molar-refractivity contribution in [3.05, 3.63) is 24.3 Å². The molecule has 0 aliphatic carbocycles. The lowest BCUT2D eigenvalue weighted by molar-refractivity contribution is 0.445. The van der Waals surface area contributed by atoms with E-state index in [9.17, 15) is 16.8 Å². The zero-order chi connectivity index (χ0) is 14.0. The van der Waals surface area contributed by atoms with E-state index in [1.807, 2.05) is 0 Å². The first-order valence-electron chi connectivity index (χ1n) is 5.53. The second kappa shape index (κ2) is 5.38. The lowest BCUT2D eigenvalue weighted by Crippen LogP contribution is -2.30. The number of nitrogens with zero attached hydrogens (tertiary/aromatic N) is 1. The largest absolute Gasteiger partial charge is 0.243 e. The van der Waals surface area contributed by atoms with Crippen LogP contribution in [0, 0.1) is 0 Å². The van der Waals surface area contributed by atoms with Gasteiger partial charge in [-0.15, -0.1) is 0 Å². The van der Waals surface area contributed by atoms with E-state index >= 15 is 0 Å². The minimum atomic E-state index is -3.52. The van der Waals surface area contributed by atoms with E-state index in [1.54, 1.807) is 13.8 Å². The quantitative estimate of drug-likeness (QED) is 0.815. The van der Waals surface area contributed by atoms with Crippen molar-refractivity contribution in [3.8, 4) is 0 Å². The van der Waals surface area contributed by atoms with Crippen LogP contribution in [0.4, 0.5) is 0 Å². The molecular weight excluding hydrogens is 274 g/mol. The molecule has 0 amide bonds. The highest BCUT2D eigenvalue weighted by Gasteiger charge is 2.21. The molecule has 0 aliphatic rings. The van der Waals surface area contributed by atoms with Gasteiger partial charge < -0.3 is 0 Å². The molecule has 1 rings (SSSR count). The molecule has 1 aromatic carbocycles. The molecule has 0 N–H and O–H groups in total. The molecule has 0 saturated heterocycles. The summed E-state index contributed by atoms with van der Waals surface area (Å²) in [7, 11) is -6.83. The maximum absolute atomic E-state index is 12.1.